The third-order valence-electron chi connectivity index (χ3n) is 3.95. The van der Waals surface area contributed by atoms with Crippen LogP contribution in [0.5, 0.6) is 0 Å². The maximum Gasteiger partial charge on any atom is 0.107 e. The molecular weight excluding hydrogens is 280 g/mol. The quantitative estimate of drug-likeness (QED) is 0.873. The molecule has 2 aromatic heterocycles. The van der Waals surface area contributed by atoms with Crippen molar-refractivity contribution in [2.45, 2.75) is 26.8 Å². The minimum Gasteiger partial charge on any atom is -0.370 e. The summed E-state index contributed by atoms with van der Waals surface area (Å²) in [5.74, 6) is 0. The standard InChI is InChI=1S/C16H22N4S/c1-13-10-17-5-4-15(13)20-7-3-6-19(8-9-20)11-16-18-14(2)12-21-16/h4-5,10,12H,3,6-9,11H2,1-2H3. The Morgan fingerprint density at radius 3 is 2.86 bits per heavy atom. The lowest BCUT2D eigenvalue weighted by molar-refractivity contribution is 0.285. The van der Waals surface area contributed by atoms with Crippen molar-refractivity contribution in [2.24, 2.45) is 0 Å². The number of thiazole rings is 1. The molecule has 0 radical (unpaired) electrons. The summed E-state index contributed by atoms with van der Waals surface area (Å²) in [6, 6.07) is 2.13. The molecule has 5 heteroatoms. The molecule has 1 aliphatic heterocycles. The van der Waals surface area contributed by atoms with E-state index < -0.39 is 0 Å². The van der Waals surface area contributed by atoms with Crippen LogP contribution in [0.1, 0.15) is 22.7 Å². The van der Waals surface area contributed by atoms with Gasteiger partial charge in [-0.15, -0.1) is 11.3 Å². The van der Waals surface area contributed by atoms with E-state index in [1.165, 1.54) is 22.7 Å². The van der Waals surface area contributed by atoms with Gasteiger partial charge in [0.2, 0.25) is 0 Å². The third kappa shape index (κ3) is 3.60. The number of hydrogen-bond acceptors (Lipinski definition) is 5. The van der Waals surface area contributed by atoms with Crippen molar-refractivity contribution < 1.29 is 0 Å². The van der Waals surface area contributed by atoms with E-state index in [0.29, 0.717) is 0 Å². The molecule has 112 valence electrons. The number of rotatable bonds is 3. The fourth-order valence-electron chi connectivity index (χ4n) is 2.86. The normalized spacial score (nSPS) is 17.0. The molecule has 0 atom stereocenters. The second kappa shape index (κ2) is 6.54. The van der Waals surface area contributed by atoms with Gasteiger partial charge in [0.1, 0.15) is 5.01 Å². The van der Waals surface area contributed by atoms with Crippen LogP contribution < -0.4 is 4.90 Å². The van der Waals surface area contributed by atoms with Gasteiger partial charge in [0.05, 0.1) is 6.54 Å². The van der Waals surface area contributed by atoms with E-state index in [1.54, 1.807) is 11.3 Å². The third-order valence-corrected chi connectivity index (χ3v) is 4.90. The van der Waals surface area contributed by atoms with Crippen molar-refractivity contribution in [1.82, 2.24) is 14.9 Å². The van der Waals surface area contributed by atoms with Crippen LogP contribution in [-0.2, 0) is 6.54 Å². The molecule has 3 heterocycles. The van der Waals surface area contributed by atoms with Crippen LogP contribution in [0, 0.1) is 13.8 Å². The number of aryl methyl sites for hydroxylation is 2. The highest BCUT2D eigenvalue weighted by molar-refractivity contribution is 7.09. The lowest BCUT2D eigenvalue weighted by Gasteiger charge is -2.24. The first-order valence-electron chi connectivity index (χ1n) is 7.51. The van der Waals surface area contributed by atoms with Crippen molar-refractivity contribution in [3.8, 4) is 0 Å². The highest BCUT2D eigenvalue weighted by atomic mass is 32.1. The summed E-state index contributed by atoms with van der Waals surface area (Å²) in [6.45, 7) is 9.65. The van der Waals surface area contributed by atoms with Crippen LogP contribution in [0.2, 0.25) is 0 Å². The number of anilines is 1. The van der Waals surface area contributed by atoms with Crippen LogP contribution in [0.25, 0.3) is 0 Å². The fourth-order valence-corrected chi connectivity index (χ4v) is 3.67. The molecule has 4 nitrogen and oxygen atoms in total. The molecule has 0 amide bonds. The predicted molar refractivity (Wildman–Crippen MR) is 87.9 cm³/mol. The summed E-state index contributed by atoms with van der Waals surface area (Å²) in [7, 11) is 0. The van der Waals surface area contributed by atoms with Crippen molar-refractivity contribution in [1.29, 1.82) is 0 Å². The number of hydrogen-bond donors (Lipinski definition) is 0. The van der Waals surface area contributed by atoms with Crippen LogP contribution >= 0.6 is 11.3 Å². The van der Waals surface area contributed by atoms with Gasteiger partial charge in [-0.2, -0.15) is 0 Å². The zero-order valence-corrected chi connectivity index (χ0v) is 13.6. The average molecular weight is 302 g/mol. The highest BCUT2D eigenvalue weighted by Crippen LogP contribution is 2.21. The van der Waals surface area contributed by atoms with Crippen LogP contribution in [0.3, 0.4) is 0 Å². The summed E-state index contributed by atoms with van der Waals surface area (Å²) < 4.78 is 0. The first-order chi connectivity index (χ1) is 10.2. The van der Waals surface area contributed by atoms with E-state index in [2.05, 4.69) is 45.1 Å². The molecule has 0 unspecified atom stereocenters. The van der Waals surface area contributed by atoms with E-state index in [9.17, 15) is 0 Å². The Labute approximate surface area is 130 Å². The molecule has 0 saturated carbocycles. The van der Waals surface area contributed by atoms with Crippen molar-refractivity contribution >= 4 is 17.0 Å². The van der Waals surface area contributed by atoms with Crippen LogP contribution in [0.4, 0.5) is 5.69 Å². The van der Waals surface area contributed by atoms with Crippen molar-refractivity contribution in [2.75, 3.05) is 31.1 Å². The highest BCUT2D eigenvalue weighted by Gasteiger charge is 2.17. The van der Waals surface area contributed by atoms with Gasteiger partial charge in [-0.25, -0.2) is 4.98 Å². The van der Waals surface area contributed by atoms with Gasteiger partial charge in [0.25, 0.3) is 0 Å². The van der Waals surface area contributed by atoms with Crippen LogP contribution in [-0.4, -0.2) is 41.0 Å². The van der Waals surface area contributed by atoms with E-state index in [4.69, 9.17) is 0 Å². The zero-order valence-electron chi connectivity index (χ0n) is 12.7. The Bertz CT molecular complexity index is 595. The Balaban J connectivity index is 1.63. The van der Waals surface area contributed by atoms with Crippen LogP contribution in [0.15, 0.2) is 23.8 Å². The zero-order chi connectivity index (χ0) is 14.7. The predicted octanol–water partition coefficient (Wildman–Crippen LogP) is 2.87. The number of aromatic nitrogens is 2. The summed E-state index contributed by atoms with van der Waals surface area (Å²) >= 11 is 1.77. The van der Waals surface area contributed by atoms with Gasteiger partial charge in [0.15, 0.2) is 0 Å². The summed E-state index contributed by atoms with van der Waals surface area (Å²) in [5.41, 5.74) is 3.73. The van der Waals surface area contributed by atoms with Gasteiger partial charge in [-0.05, 0) is 31.9 Å². The molecule has 0 aliphatic carbocycles. The maximum absolute atomic E-state index is 4.58. The molecular formula is C16H22N4S. The first-order valence-corrected chi connectivity index (χ1v) is 8.39. The van der Waals surface area contributed by atoms with Gasteiger partial charge in [-0.3, -0.25) is 9.88 Å². The largest absolute Gasteiger partial charge is 0.370 e. The van der Waals surface area contributed by atoms with E-state index in [1.807, 2.05) is 12.4 Å². The molecule has 0 aromatic carbocycles. The monoisotopic (exact) mass is 302 g/mol. The first kappa shape index (κ1) is 14.5. The summed E-state index contributed by atoms with van der Waals surface area (Å²) in [6.07, 6.45) is 5.05. The van der Waals surface area contributed by atoms with E-state index in [0.717, 1.165) is 38.4 Å². The number of nitrogens with zero attached hydrogens (tertiary/aromatic N) is 4. The molecule has 3 rings (SSSR count). The molecule has 0 N–H and O–H groups in total. The molecule has 1 aliphatic rings. The van der Waals surface area contributed by atoms with Gasteiger partial charge in [0, 0.05) is 55.3 Å². The van der Waals surface area contributed by atoms with E-state index >= 15 is 0 Å². The van der Waals surface area contributed by atoms with Crippen molar-refractivity contribution in [3.05, 3.63) is 40.1 Å². The average Bonchev–Trinajstić information content (AvgIpc) is 2.74. The van der Waals surface area contributed by atoms with E-state index in [-0.39, 0.29) is 0 Å². The number of pyridine rings is 1. The summed E-state index contributed by atoms with van der Waals surface area (Å²) in [5, 5.41) is 3.38. The molecule has 21 heavy (non-hydrogen) atoms. The summed E-state index contributed by atoms with van der Waals surface area (Å²) in [4.78, 5) is 13.8. The molecule has 2 aromatic rings. The van der Waals surface area contributed by atoms with Gasteiger partial charge >= 0.3 is 0 Å². The maximum atomic E-state index is 4.58. The minimum absolute atomic E-state index is 0.988. The topological polar surface area (TPSA) is 32.3 Å². The Hall–Kier alpha value is -1.46. The SMILES string of the molecule is Cc1csc(CN2CCCN(c3ccncc3C)CC2)n1. The Morgan fingerprint density at radius 2 is 2.10 bits per heavy atom. The van der Waals surface area contributed by atoms with Crippen molar-refractivity contribution in [3.63, 3.8) is 0 Å². The molecule has 1 fully saturated rings. The minimum atomic E-state index is 0.988. The molecule has 0 spiro atoms. The fraction of sp³-hybridized carbons (Fsp3) is 0.500. The van der Waals surface area contributed by atoms with Gasteiger partial charge in [-0.1, -0.05) is 0 Å². The smallest absolute Gasteiger partial charge is 0.107 e. The lowest BCUT2D eigenvalue weighted by Crippen LogP contribution is -2.30. The Kier molecular flexibility index (Phi) is 4.51. The second-order valence-corrected chi connectivity index (χ2v) is 6.60. The second-order valence-electron chi connectivity index (χ2n) is 5.66. The molecule has 1 saturated heterocycles. The Morgan fingerprint density at radius 1 is 1.19 bits per heavy atom. The van der Waals surface area contributed by atoms with Gasteiger partial charge < -0.3 is 4.90 Å². The lowest BCUT2D eigenvalue weighted by atomic mass is 10.2. The molecule has 0 bridgehead atoms.